The second-order valence-electron chi connectivity index (χ2n) is 10.2. The largest absolute Gasteiger partial charge is 0.354 e. The van der Waals surface area contributed by atoms with Gasteiger partial charge in [0.05, 0.1) is 10.3 Å². The van der Waals surface area contributed by atoms with Crippen molar-refractivity contribution in [3.05, 3.63) is 40.8 Å². The number of carbonyl (C=O) groups is 4. The Kier molecular flexibility index (Phi) is 5.59. The van der Waals surface area contributed by atoms with Crippen molar-refractivity contribution in [3.63, 3.8) is 0 Å². The fourth-order valence-electron chi connectivity index (χ4n) is 6.91. The third-order valence-electron chi connectivity index (χ3n) is 7.58. The Labute approximate surface area is 197 Å². The molecule has 0 aromatic heterocycles. The van der Waals surface area contributed by atoms with Crippen LogP contribution in [0.15, 0.2) is 35.2 Å². The summed E-state index contributed by atoms with van der Waals surface area (Å²) in [5.74, 6) is 0.580. The quantitative estimate of drug-likeness (QED) is 0.626. The third-order valence-corrected chi connectivity index (χ3v) is 8.48. The number of rotatable bonds is 6. The number of hydrogen-bond acceptors (Lipinski definition) is 5. The molecule has 2 unspecified atom stereocenters. The minimum Gasteiger partial charge on any atom is -0.354 e. The smallest absolute Gasteiger partial charge is 0.293 e. The lowest BCUT2D eigenvalue weighted by Gasteiger charge is -2.61. The van der Waals surface area contributed by atoms with E-state index in [1.165, 1.54) is 4.90 Å². The fourth-order valence-corrected chi connectivity index (χ4v) is 7.78. The van der Waals surface area contributed by atoms with E-state index in [2.05, 4.69) is 10.6 Å². The molecule has 6 rings (SSSR count). The van der Waals surface area contributed by atoms with Gasteiger partial charge in [-0.2, -0.15) is 0 Å². The molecule has 2 N–H and O–H groups in total. The molecule has 4 bridgehead atoms. The molecule has 2 atom stereocenters. The van der Waals surface area contributed by atoms with Gasteiger partial charge in [0.25, 0.3) is 11.1 Å². The van der Waals surface area contributed by atoms with Gasteiger partial charge in [-0.25, -0.2) is 0 Å². The second kappa shape index (κ2) is 8.31. The van der Waals surface area contributed by atoms with Gasteiger partial charge in [-0.05, 0) is 73.8 Å². The van der Waals surface area contributed by atoms with E-state index < -0.39 is 5.41 Å². The van der Waals surface area contributed by atoms with E-state index in [9.17, 15) is 19.2 Å². The first-order valence-electron chi connectivity index (χ1n) is 11.7. The van der Waals surface area contributed by atoms with Gasteiger partial charge in [-0.15, -0.1) is 0 Å². The van der Waals surface area contributed by atoms with Crippen molar-refractivity contribution >= 4 is 40.8 Å². The summed E-state index contributed by atoms with van der Waals surface area (Å²) >= 11 is 0.934. The number of nitrogens with zero attached hydrogens (tertiary/aromatic N) is 1. The lowest BCUT2D eigenvalue weighted by Crippen LogP contribution is -2.65. The molecule has 1 aliphatic heterocycles. The molecule has 5 aliphatic rings. The summed E-state index contributed by atoms with van der Waals surface area (Å²) in [6.07, 6.45) is 7.18. The second-order valence-corrected chi connectivity index (χ2v) is 11.2. The average molecular weight is 468 g/mol. The van der Waals surface area contributed by atoms with Crippen molar-refractivity contribution in [3.8, 4) is 0 Å². The van der Waals surface area contributed by atoms with Gasteiger partial charge >= 0.3 is 0 Å². The van der Waals surface area contributed by atoms with Crippen LogP contribution in [0.4, 0.5) is 4.79 Å². The molecule has 1 aromatic rings. The number of amides is 4. The van der Waals surface area contributed by atoms with Crippen molar-refractivity contribution in [1.82, 2.24) is 15.5 Å². The Morgan fingerprint density at radius 1 is 1.12 bits per heavy atom. The van der Waals surface area contributed by atoms with Gasteiger partial charge in [0.1, 0.15) is 0 Å². The van der Waals surface area contributed by atoms with Crippen LogP contribution in [0, 0.1) is 17.3 Å². The van der Waals surface area contributed by atoms with E-state index in [4.69, 9.17) is 0 Å². The van der Waals surface area contributed by atoms with Crippen molar-refractivity contribution in [2.75, 3.05) is 13.1 Å². The number of imide groups is 1. The first-order valence-corrected chi connectivity index (χ1v) is 12.5. The van der Waals surface area contributed by atoms with Crippen molar-refractivity contribution in [2.45, 2.75) is 51.0 Å². The first kappa shape index (κ1) is 22.2. The molecule has 0 spiro atoms. The topological polar surface area (TPSA) is 95.6 Å². The Morgan fingerprint density at radius 2 is 1.82 bits per heavy atom. The van der Waals surface area contributed by atoms with E-state index in [-0.39, 0.29) is 41.6 Å². The van der Waals surface area contributed by atoms with Crippen LogP contribution in [0.1, 0.15) is 51.0 Å². The highest BCUT2D eigenvalue weighted by molar-refractivity contribution is 8.18. The van der Waals surface area contributed by atoms with Crippen molar-refractivity contribution in [1.29, 1.82) is 0 Å². The monoisotopic (exact) mass is 467 g/mol. The maximum absolute atomic E-state index is 13.3. The highest BCUT2D eigenvalue weighted by Crippen LogP contribution is 2.61. The zero-order valence-electron chi connectivity index (χ0n) is 18.8. The normalized spacial score (nSPS) is 33.6. The van der Waals surface area contributed by atoms with Gasteiger partial charge in [0, 0.05) is 25.6 Å². The number of nitrogens with one attached hydrogen (secondary N) is 2. The Balaban J connectivity index is 1.21. The molecular formula is C25H29N3O4S. The van der Waals surface area contributed by atoms with Crippen LogP contribution < -0.4 is 10.6 Å². The van der Waals surface area contributed by atoms with Crippen molar-refractivity contribution in [2.24, 2.45) is 17.3 Å². The van der Waals surface area contributed by atoms with Crippen molar-refractivity contribution < 1.29 is 19.2 Å². The Hall–Kier alpha value is -2.61. The first-order chi connectivity index (χ1) is 15.8. The van der Waals surface area contributed by atoms with E-state index >= 15 is 0 Å². The summed E-state index contributed by atoms with van der Waals surface area (Å²) in [6.45, 7) is 1.94. The summed E-state index contributed by atoms with van der Waals surface area (Å²) < 4.78 is 0. The molecular weight excluding hydrogens is 438 g/mol. The minimum atomic E-state index is -0.460. The van der Waals surface area contributed by atoms with Crippen LogP contribution in [0.5, 0.6) is 0 Å². The average Bonchev–Trinajstić information content (AvgIpc) is 2.99. The third kappa shape index (κ3) is 4.21. The summed E-state index contributed by atoms with van der Waals surface area (Å²) in [7, 11) is 0. The highest BCUT2D eigenvalue weighted by atomic mass is 32.2. The van der Waals surface area contributed by atoms with E-state index in [0.29, 0.717) is 23.2 Å². The van der Waals surface area contributed by atoms with Crippen LogP contribution in [-0.2, 0) is 14.4 Å². The highest BCUT2D eigenvalue weighted by Gasteiger charge is 2.60. The molecule has 1 aromatic carbocycles. The molecule has 0 radical (unpaired) electrons. The number of carbonyl (C=O) groups excluding carboxylic acids is 4. The maximum atomic E-state index is 13.3. The molecule has 33 heavy (non-hydrogen) atoms. The number of thioether (sulfide) groups is 1. The predicted octanol–water partition coefficient (Wildman–Crippen LogP) is 3.31. The summed E-state index contributed by atoms with van der Waals surface area (Å²) in [4.78, 5) is 51.9. The zero-order chi connectivity index (χ0) is 23.2. The molecule has 4 aliphatic carbocycles. The summed E-state index contributed by atoms with van der Waals surface area (Å²) in [5, 5.41) is 5.89. The van der Waals surface area contributed by atoms with Gasteiger partial charge in [0.2, 0.25) is 11.8 Å². The molecule has 5 fully saturated rings. The van der Waals surface area contributed by atoms with Gasteiger partial charge in [0.15, 0.2) is 0 Å². The van der Waals surface area contributed by atoms with Crippen LogP contribution >= 0.6 is 11.8 Å². The number of benzene rings is 1. The Morgan fingerprint density at radius 3 is 2.48 bits per heavy atom. The van der Waals surface area contributed by atoms with Crippen LogP contribution in [0.3, 0.4) is 0 Å². The van der Waals surface area contributed by atoms with E-state index in [1.807, 2.05) is 30.3 Å². The lowest BCUT2D eigenvalue weighted by atomic mass is 9.46. The molecule has 8 heteroatoms. The minimum absolute atomic E-state index is 0.00174. The zero-order valence-corrected chi connectivity index (χ0v) is 19.6. The fraction of sp³-hybridized carbons (Fsp3) is 0.520. The standard InChI is InChI=1S/C25H29N3O4S/c1-16(29)27-25-13-18-9-19(14-25)12-24(11-18,15-25)22(31)26-7-8-28-21(30)20(33-23(28)32)10-17-5-3-2-4-6-17/h2-6,10,18-19H,7-9,11-15H2,1H3,(H,26,31)(H,27,29). The molecule has 174 valence electrons. The van der Waals surface area contributed by atoms with E-state index in [1.54, 1.807) is 13.0 Å². The predicted molar refractivity (Wildman–Crippen MR) is 126 cm³/mol. The number of hydrogen-bond donors (Lipinski definition) is 2. The van der Waals surface area contributed by atoms with Gasteiger partial charge in [-0.1, -0.05) is 30.3 Å². The lowest BCUT2D eigenvalue weighted by molar-refractivity contribution is -0.153. The molecule has 4 saturated carbocycles. The Bertz CT molecular complexity index is 1020. The molecule has 7 nitrogen and oxygen atoms in total. The van der Waals surface area contributed by atoms with Crippen LogP contribution in [0.2, 0.25) is 0 Å². The SMILES string of the molecule is CC(=O)NC12CC3CC(C1)CC(C(=O)NCCN1C(=O)SC(=Cc4ccccc4)C1=O)(C3)C2. The van der Waals surface area contributed by atoms with Gasteiger partial charge < -0.3 is 10.6 Å². The maximum Gasteiger partial charge on any atom is 0.293 e. The van der Waals surface area contributed by atoms with Crippen LogP contribution in [-0.4, -0.2) is 46.5 Å². The van der Waals surface area contributed by atoms with E-state index in [0.717, 1.165) is 49.4 Å². The summed E-state index contributed by atoms with van der Waals surface area (Å²) in [5.41, 5.74) is 0.145. The molecule has 4 amide bonds. The van der Waals surface area contributed by atoms with Crippen LogP contribution in [0.25, 0.3) is 6.08 Å². The summed E-state index contributed by atoms with van der Waals surface area (Å²) in [6, 6.07) is 9.42. The molecule has 1 saturated heterocycles. The van der Waals surface area contributed by atoms with Gasteiger partial charge in [-0.3, -0.25) is 24.1 Å². The molecule has 1 heterocycles.